The number of carbonyl (C=O) groups is 2. The average molecular weight is 472 g/mol. The lowest BCUT2D eigenvalue weighted by atomic mass is 10.1. The molecule has 0 saturated carbocycles. The van der Waals surface area contributed by atoms with Gasteiger partial charge in [-0.25, -0.2) is 9.88 Å². The number of methoxy groups -OCH3 is 1. The zero-order valence-electron chi connectivity index (χ0n) is 19.1. The molecule has 0 spiro atoms. The quantitative estimate of drug-likeness (QED) is 0.394. The summed E-state index contributed by atoms with van der Waals surface area (Å²) in [5, 5.41) is 4.16. The molecule has 1 atom stereocenters. The fourth-order valence-electron chi connectivity index (χ4n) is 4.26. The number of carbonyl (C=O) groups excluding carboxylic acids is 2. The van der Waals surface area contributed by atoms with E-state index in [9.17, 15) is 9.59 Å². The molecule has 0 radical (unpaired) electrons. The van der Waals surface area contributed by atoms with E-state index in [0.29, 0.717) is 18.7 Å². The summed E-state index contributed by atoms with van der Waals surface area (Å²) in [7, 11) is 1.65. The third kappa shape index (κ3) is 4.32. The van der Waals surface area contributed by atoms with Crippen molar-refractivity contribution in [2.45, 2.75) is 25.8 Å². The van der Waals surface area contributed by atoms with E-state index in [1.165, 1.54) is 10.5 Å². The minimum absolute atomic E-state index is 0.156. The van der Waals surface area contributed by atoms with Gasteiger partial charge < -0.3 is 10.1 Å². The van der Waals surface area contributed by atoms with Gasteiger partial charge in [0.25, 0.3) is 5.91 Å². The summed E-state index contributed by atoms with van der Waals surface area (Å²) in [6, 6.07) is 21.0. The van der Waals surface area contributed by atoms with Crippen LogP contribution >= 0.6 is 11.3 Å². The Morgan fingerprint density at radius 1 is 1.09 bits per heavy atom. The lowest BCUT2D eigenvalue weighted by molar-refractivity contribution is -0.121. The molecule has 1 aromatic heterocycles. The maximum atomic E-state index is 13.0. The Balaban J connectivity index is 1.26. The third-order valence-electron chi connectivity index (χ3n) is 6.04. The summed E-state index contributed by atoms with van der Waals surface area (Å²) in [6.07, 6.45) is 0.863. The smallest absolute Gasteiger partial charge is 0.251 e. The second kappa shape index (κ2) is 9.37. The van der Waals surface area contributed by atoms with Gasteiger partial charge in [0.2, 0.25) is 5.91 Å². The number of rotatable bonds is 7. The van der Waals surface area contributed by atoms with Gasteiger partial charge in [-0.15, -0.1) is 11.3 Å². The summed E-state index contributed by atoms with van der Waals surface area (Å²) in [6.45, 7) is 2.65. The van der Waals surface area contributed by atoms with Crippen molar-refractivity contribution in [3.8, 4) is 16.3 Å². The maximum absolute atomic E-state index is 13.0. The van der Waals surface area contributed by atoms with Gasteiger partial charge in [-0.2, -0.15) is 0 Å². The monoisotopic (exact) mass is 471 g/mol. The predicted octanol–water partition coefficient (Wildman–Crippen LogP) is 4.74. The number of imide groups is 1. The number of hydrogen-bond acceptors (Lipinski definition) is 6. The van der Waals surface area contributed by atoms with Crippen LogP contribution < -0.4 is 15.0 Å². The molecular weight excluding hydrogens is 446 g/mol. The molecule has 0 bridgehead atoms. The molecule has 1 aliphatic rings. The number of hydrogen-bond donors (Lipinski definition) is 1. The maximum Gasteiger partial charge on any atom is 0.251 e. The second-order valence-electron chi connectivity index (χ2n) is 8.38. The topological polar surface area (TPSA) is 71.5 Å². The molecule has 2 amide bonds. The van der Waals surface area contributed by atoms with Gasteiger partial charge in [-0.05, 0) is 66.9 Å². The summed E-state index contributed by atoms with van der Waals surface area (Å²) in [5.74, 6) is 0.416. The molecule has 0 aliphatic carbocycles. The molecule has 172 valence electrons. The first-order chi connectivity index (χ1) is 16.5. The van der Waals surface area contributed by atoms with Crippen molar-refractivity contribution in [2.24, 2.45) is 0 Å². The Kier molecular flexibility index (Phi) is 6.13. The molecule has 7 heteroatoms. The van der Waals surface area contributed by atoms with Crippen molar-refractivity contribution in [1.29, 1.82) is 0 Å². The Morgan fingerprint density at radius 2 is 1.88 bits per heavy atom. The normalized spacial score (nSPS) is 15.9. The van der Waals surface area contributed by atoms with E-state index in [1.54, 1.807) is 18.4 Å². The van der Waals surface area contributed by atoms with Crippen molar-refractivity contribution < 1.29 is 14.3 Å². The third-order valence-corrected chi connectivity index (χ3v) is 7.11. The summed E-state index contributed by atoms with van der Waals surface area (Å²) in [5.41, 5.74) is 4.79. The van der Waals surface area contributed by atoms with Crippen molar-refractivity contribution >= 4 is 39.1 Å². The van der Waals surface area contributed by atoms with Crippen LogP contribution in [0.5, 0.6) is 5.75 Å². The van der Waals surface area contributed by atoms with Crippen LogP contribution in [0.2, 0.25) is 0 Å². The van der Waals surface area contributed by atoms with Crippen molar-refractivity contribution in [3.05, 3.63) is 77.9 Å². The first-order valence-electron chi connectivity index (χ1n) is 11.2. The Hall–Kier alpha value is -3.55. The van der Waals surface area contributed by atoms with E-state index in [4.69, 9.17) is 9.72 Å². The van der Waals surface area contributed by atoms with Gasteiger partial charge in [0.1, 0.15) is 10.8 Å². The molecule has 6 nitrogen and oxygen atoms in total. The molecule has 1 aliphatic heterocycles. The number of aryl methyl sites for hydroxylation is 1. The number of aromatic nitrogens is 1. The van der Waals surface area contributed by atoms with Crippen LogP contribution in [-0.2, 0) is 16.0 Å². The van der Waals surface area contributed by atoms with Crippen molar-refractivity contribution in [3.63, 3.8) is 0 Å². The molecule has 34 heavy (non-hydrogen) atoms. The zero-order chi connectivity index (χ0) is 23.7. The van der Waals surface area contributed by atoms with Crippen molar-refractivity contribution in [1.82, 2.24) is 10.3 Å². The molecule has 2 heterocycles. The van der Waals surface area contributed by atoms with Gasteiger partial charge in [0.15, 0.2) is 0 Å². The molecule has 5 rings (SSSR count). The molecule has 3 aromatic carbocycles. The number of ether oxygens (including phenoxy) is 1. The molecule has 1 saturated heterocycles. The van der Waals surface area contributed by atoms with E-state index in [0.717, 1.165) is 32.1 Å². The van der Waals surface area contributed by atoms with E-state index in [1.807, 2.05) is 54.6 Å². The van der Waals surface area contributed by atoms with E-state index in [2.05, 4.69) is 24.4 Å². The highest BCUT2D eigenvalue weighted by Gasteiger charge is 2.39. The van der Waals surface area contributed by atoms with E-state index in [-0.39, 0.29) is 18.2 Å². The number of anilines is 1. The van der Waals surface area contributed by atoms with Crippen LogP contribution in [0, 0.1) is 6.92 Å². The number of amides is 2. The van der Waals surface area contributed by atoms with Crippen LogP contribution in [0.1, 0.15) is 17.5 Å². The van der Waals surface area contributed by atoms with E-state index < -0.39 is 6.04 Å². The highest BCUT2D eigenvalue weighted by atomic mass is 32.1. The molecule has 1 fully saturated rings. The van der Waals surface area contributed by atoms with Gasteiger partial charge in [0.05, 0.1) is 35.5 Å². The van der Waals surface area contributed by atoms with Crippen molar-refractivity contribution in [2.75, 3.05) is 18.6 Å². The largest absolute Gasteiger partial charge is 0.496 e. The summed E-state index contributed by atoms with van der Waals surface area (Å²) >= 11 is 1.64. The number of para-hydroxylation sites is 1. The number of benzene rings is 3. The van der Waals surface area contributed by atoms with Crippen LogP contribution in [0.3, 0.4) is 0 Å². The predicted molar refractivity (Wildman–Crippen MR) is 135 cm³/mol. The fourth-order valence-corrected chi connectivity index (χ4v) is 5.33. The highest BCUT2D eigenvalue weighted by Crippen LogP contribution is 2.32. The lowest BCUT2D eigenvalue weighted by Crippen LogP contribution is -2.39. The first kappa shape index (κ1) is 22.3. The Bertz CT molecular complexity index is 1360. The summed E-state index contributed by atoms with van der Waals surface area (Å²) < 4.78 is 6.53. The highest BCUT2D eigenvalue weighted by molar-refractivity contribution is 7.21. The second-order valence-corrected chi connectivity index (χ2v) is 9.41. The fraction of sp³-hybridized carbons (Fsp3) is 0.222. The Morgan fingerprint density at radius 3 is 2.68 bits per heavy atom. The molecular formula is C27H25N3O3S. The van der Waals surface area contributed by atoms with Crippen LogP contribution in [0.25, 0.3) is 20.8 Å². The SMILES string of the molecule is COc1ccccc1CCNC1CC(=O)N(c2ccc(-c3nc4ccc(C)cc4s3)cc2)C1=O. The zero-order valence-corrected chi connectivity index (χ0v) is 19.9. The number of nitrogens with one attached hydrogen (secondary N) is 1. The van der Waals surface area contributed by atoms with Crippen LogP contribution in [0.4, 0.5) is 5.69 Å². The molecule has 4 aromatic rings. The first-order valence-corrected chi connectivity index (χ1v) is 12.0. The Labute approximate surface area is 202 Å². The van der Waals surface area contributed by atoms with Gasteiger partial charge in [-0.3, -0.25) is 9.59 Å². The van der Waals surface area contributed by atoms with Gasteiger partial charge in [0, 0.05) is 12.1 Å². The molecule has 1 unspecified atom stereocenters. The minimum atomic E-state index is -0.519. The number of nitrogens with zero attached hydrogens (tertiary/aromatic N) is 2. The standard InChI is InChI=1S/C27H25N3O3S/c1-17-7-12-21-24(15-17)34-26(29-21)19-8-10-20(11-9-19)30-25(31)16-22(27(30)32)28-14-13-18-5-3-4-6-23(18)33-2/h3-12,15,22,28H,13-14,16H2,1-2H3. The minimum Gasteiger partial charge on any atom is -0.496 e. The van der Waals surface area contributed by atoms with Crippen LogP contribution in [0.15, 0.2) is 66.7 Å². The van der Waals surface area contributed by atoms with Gasteiger partial charge in [-0.1, -0.05) is 24.3 Å². The van der Waals surface area contributed by atoms with E-state index >= 15 is 0 Å². The number of fused-ring (bicyclic) bond motifs is 1. The number of thiazole rings is 1. The lowest BCUT2D eigenvalue weighted by Gasteiger charge is -2.16. The van der Waals surface area contributed by atoms with Crippen LogP contribution in [-0.4, -0.2) is 36.5 Å². The summed E-state index contributed by atoms with van der Waals surface area (Å²) in [4.78, 5) is 31.7. The molecule has 1 N–H and O–H groups in total. The average Bonchev–Trinajstić information content (AvgIpc) is 3.39. The van der Waals surface area contributed by atoms with Gasteiger partial charge >= 0.3 is 0 Å².